The normalized spacial score (nSPS) is 11.1. The zero-order chi connectivity index (χ0) is 21.7. The van der Waals surface area contributed by atoms with Crippen LogP contribution in [0.4, 0.5) is 5.69 Å². The largest absolute Gasteiger partial charge is 0.504 e. The Kier molecular flexibility index (Phi) is 6.24. The second-order valence-electron chi connectivity index (χ2n) is 6.45. The number of ketones is 1. The minimum Gasteiger partial charge on any atom is -0.504 e. The fraction of sp³-hybridized carbons (Fsp3) is 0.0952. The lowest BCUT2D eigenvalue weighted by atomic mass is 10.1. The molecule has 154 valence electrons. The lowest BCUT2D eigenvalue weighted by Crippen LogP contribution is -2.23. The van der Waals surface area contributed by atoms with Crippen molar-refractivity contribution in [3.05, 3.63) is 83.7 Å². The number of nitrogens with one attached hydrogen (secondary N) is 2. The second-order valence-corrected chi connectivity index (χ2v) is 8.22. The van der Waals surface area contributed by atoms with Crippen molar-refractivity contribution in [2.24, 2.45) is 0 Å². The first-order valence-electron chi connectivity index (χ1n) is 8.90. The Labute approximate surface area is 173 Å². The minimum atomic E-state index is -3.75. The minimum absolute atomic E-state index is 0.0316. The number of Topliss-reactive ketones (excluding diaryl/α,β-unsaturated/α-hetero) is 1. The average Bonchev–Trinajstić information content (AvgIpc) is 2.74. The number of nitrogens with zero attached hydrogens (tertiary/aromatic N) is 1. The van der Waals surface area contributed by atoms with E-state index in [1.165, 1.54) is 49.6 Å². The molecule has 3 N–H and O–H groups in total. The SMILES string of the molecule is CC(=O)c1ccc(S(=O)(=O)NCc2ccc(C(=O)Nc3ccncc3O)cc2)cc1. The predicted molar refractivity (Wildman–Crippen MR) is 111 cm³/mol. The Balaban J connectivity index is 1.63. The van der Waals surface area contributed by atoms with E-state index in [-0.39, 0.29) is 28.7 Å². The van der Waals surface area contributed by atoms with Gasteiger partial charge >= 0.3 is 0 Å². The Hall–Kier alpha value is -3.56. The molecule has 8 nitrogen and oxygen atoms in total. The van der Waals surface area contributed by atoms with Crippen molar-refractivity contribution in [3.63, 3.8) is 0 Å². The molecule has 0 aliphatic rings. The summed E-state index contributed by atoms with van der Waals surface area (Å²) in [5.41, 5.74) is 1.67. The maximum Gasteiger partial charge on any atom is 0.255 e. The lowest BCUT2D eigenvalue weighted by Gasteiger charge is -2.09. The molecule has 0 unspecified atom stereocenters. The summed E-state index contributed by atoms with van der Waals surface area (Å²) < 4.78 is 27.3. The Morgan fingerprint density at radius 1 is 0.967 bits per heavy atom. The van der Waals surface area contributed by atoms with Crippen molar-refractivity contribution in [1.82, 2.24) is 9.71 Å². The van der Waals surface area contributed by atoms with Gasteiger partial charge in [0, 0.05) is 23.9 Å². The molecule has 0 saturated heterocycles. The van der Waals surface area contributed by atoms with Crippen LogP contribution in [0, 0.1) is 0 Å². The van der Waals surface area contributed by atoms with Crippen molar-refractivity contribution >= 4 is 27.4 Å². The van der Waals surface area contributed by atoms with Gasteiger partial charge in [-0.25, -0.2) is 13.1 Å². The fourth-order valence-electron chi connectivity index (χ4n) is 2.59. The topological polar surface area (TPSA) is 125 Å². The smallest absolute Gasteiger partial charge is 0.255 e. The highest BCUT2D eigenvalue weighted by Crippen LogP contribution is 2.21. The second kappa shape index (κ2) is 8.85. The summed E-state index contributed by atoms with van der Waals surface area (Å²) in [7, 11) is -3.75. The molecule has 3 aromatic rings. The number of carbonyl (C=O) groups is 2. The van der Waals surface area contributed by atoms with Crippen molar-refractivity contribution in [3.8, 4) is 5.75 Å². The Morgan fingerprint density at radius 2 is 1.60 bits per heavy atom. The van der Waals surface area contributed by atoms with Gasteiger partial charge in [0.25, 0.3) is 5.91 Å². The molecule has 0 atom stereocenters. The first kappa shape index (κ1) is 21.2. The van der Waals surface area contributed by atoms with E-state index in [1.807, 2.05) is 0 Å². The van der Waals surface area contributed by atoms with Gasteiger partial charge < -0.3 is 10.4 Å². The summed E-state index contributed by atoms with van der Waals surface area (Å²) in [6.45, 7) is 1.44. The van der Waals surface area contributed by atoms with Crippen LogP contribution in [-0.4, -0.2) is 30.2 Å². The number of aromatic nitrogens is 1. The summed E-state index contributed by atoms with van der Waals surface area (Å²) in [6, 6.07) is 13.5. The Morgan fingerprint density at radius 3 is 2.20 bits per heavy atom. The molecule has 1 aromatic heterocycles. The third-order valence-electron chi connectivity index (χ3n) is 4.30. The van der Waals surface area contributed by atoms with Crippen LogP contribution in [0.25, 0.3) is 0 Å². The molecule has 3 rings (SSSR count). The van der Waals surface area contributed by atoms with Crippen molar-refractivity contribution in [2.45, 2.75) is 18.4 Å². The number of rotatable bonds is 7. The first-order valence-corrected chi connectivity index (χ1v) is 10.4. The van der Waals surface area contributed by atoms with Crippen molar-refractivity contribution in [2.75, 3.05) is 5.32 Å². The molecule has 30 heavy (non-hydrogen) atoms. The Bertz CT molecular complexity index is 1170. The molecule has 1 amide bonds. The maximum absolute atomic E-state index is 12.4. The summed E-state index contributed by atoms with van der Waals surface area (Å²) in [5, 5.41) is 12.2. The van der Waals surface area contributed by atoms with Gasteiger partial charge in [0.05, 0.1) is 16.8 Å². The van der Waals surface area contributed by atoms with Gasteiger partial charge in [-0.2, -0.15) is 0 Å². The summed E-state index contributed by atoms with van der Waals surface area (Å²) >= 11 is 0. The van der Waals surface area contributed by atoms with E-state index in [9.17, 15) is 23.1 Å². The molecule has 0 saturated carbocycles. The molecular formula is C21H19N3O5S. The zero-order valence-electron chi connectivity index (χ0n) is 16.0. The van der Waals surface area contributed by atoms with E-state index in [1.54, 1.807) is 24.3 Å². The molecule has 0 aliphatic carbocycles. The number of amides is 1. The van der Waals surface area contributed by atoms with E-state index in [0.717, 1.165) is 0 Å². The highest BCUT2D eigenvalue weighted by atomic mass is 32.2. The van der Waals surface area contributed by atoms with E-state index >= 15 is 0 Å². The van der Waals surface area contributed by atoms with Crippen molar-refractivity contribution < 1.29 is 23.1 Å². The van der Waals surface area contributed by atoms with Gasteiger partial charge in [-0.15, -0.1) is 0 Å². The van der Waals surface area contributed by atoms with Gasteiger partial charge in [-0.3, -0.25) is 14.6 Å². The average molecular weight is 425 g/mol. The van der Waals surface area contributed by atoms with E-state index < -0.39 is 15.9 Å². The van der Waals surface area contributed by atoms with Gasteiger partial charge in [0.1, 0.15) is 0 Å². The number of sulfonamides is 1. The fourth-order valence-corrected chi connectivity index (χ4v) is 3.61. The highest BCUT2D eigenvalue weighted by molar-refractivity contribution is 7.89. The molecule has 9 heteroatoms. The molecule has 1 heterocycles. The van der Waals surface area contributed by atoms with Crippen LogP contribution in [0.15, 0.2) is 71.9 Å². The number of aromatic hydroxyl groups is 1. The van der Waals surface area contributed by atoms with Crippen LogP contribution in [0.2, 0.25) is 0 Å². The monoisotopic (exact) mass is 425 g/mol. The molecule has 0 fully saturated rings. The maximum atomic E-state index is 12.4. The van der Waals surface area contributed by atoms with E-state index in [4.69, 9.17) is 0 Å². The van der Waals surface area contributed by atoms with Crippen LogP contribution < -0.4 is 10.0 Å². The molecule has 0 aliphatic heterocycles. The first-order chi connectivity index (χ1) is 14.3. The standard InChI is InChI=1S/C21H19N3O5S/c1-14(25)16-6-8-18(9-7-16)30(28,29)23-12-15-2-4-17(5-3-15)21(27)24-19-10-11-22-13-20(19)26/h2-11,13,23,26H,12H2,1H3,(H,22,24,27). The third kappa shape index (κ3) is 5.07. The number of pyridine rings is 1. The van der Waals surface area contributed by atoms with Gasteiger partial charge in [0.15, 0.2) is 11.5 Å². The highest BCUT2D eigenvalue weighted by Gasteiger charge is 2.14. The molecule has 0 radical (unpaired) electrons. The zero-order valence-corrected chi connectivity index (χ0v) is 16.8. The van der Waals surface area contributed by atoms with Gasteiger partial charge in [-0.1, -0.05) is 24.3 Å². The van der Waals surface area contributed by atoms with Gasteiger partial charge in [-0.05, 0) is 42.8 Å². The summed E-state index contributed by atoms with van der Waals surface area (Å²) in [5.74, 6) is -0.711. The summed E-state index contributed by atoms with van der Waals surface area (Å²) in [4.78, 5) is 27.4. The van der Waals surface area contributed by atoms with Crippen molar-refractivity contribution in [1.29, 1.82) is 0 Å². The molecule has 0 spiro atoms. The van der Waals surface area contributed by atoms with Crippen LogP contribution in [-0.2, 0) is 16.6 Å². The third-order valence-corrected chi connectivity index (χ3v) is 5.72. The number of hydrogen-bond acceptors (Lipinski definition) is 6. The van der Waals surface area contributed by atoms with Gasteiger partial charge in [0.2, 0.25) is 10.0 Å². The number of hydrogen-bond donors (Lipinski definition) is 3. The number of carbonyl (C=O) groups excluding carboxylic acids is 2. The molecule has 2 aromatic carbocycles. The number of anilines is 1. The number of benzene rings is 2. The molecule has 0 bridgehead atoms. The van der Waals surface area contributed by atoms with Crippen LogP contribution in [0.3, 0.4) is 0 Å². The molecular weight excluding hydrogens is 406 g/mol. The van der Waals surface area contributed by atoms with Crippen LogP contribution in [0.1, 0.15) is 33.2 Å². The quantitative estimate of drug-likeness (QED) is 0.500. The van der Waals surface area contributed by atoms with E-state index in [2.05, 4.69) is 15.0 Å². The lowest BCUT2D eigenvalue weighted by molar-refractivity contribution is 0.101. The summed E-state index contributed by atoms with van der Waals surface area (Å²) in [6.07, 6.45) is 2.66. The van der Waals surface area contributed by atoms with Crippen LogP contribution >= 0.6 is 0 Å². The predicted octanol–water partition coefficient (Wildman–Crippen LogP) is 2.72. The van der Waals surface area contributed by atoms with E-state index in [0.29, 0.717) is 16.7 Å². The van der Waals surface area contributed by atoms with Crippen LogP contribution in [0.5, 0.6) is 5.75 Å².